The molecule has 4 rings (SSSR count). The van der Waals surface area contributed by atoms with Crippen LogP contribution in [0, 0.1) is 0 Å². The lowest BCUT2D eigenvalue weighted by molar-refractivity contribution is 0.558. The van der Waals surface area contributed by atoms with Crippen molar-refractivity contribution in [3.63, 3.8) is 0 Å². The van der Waals surface area contributed by atoms with Gasteiger partial charge in [0.25, 0.3) is 5.56 Å². The Morgan fingerprint density at radius 2 is 2.15 bits per heavy atom. The summed E-state index contributed by atoms with van der Waals surface area (Å²) in [4.78, 5) is 27.6. The standard InChI is InChI=1S/C17H19N5O4S/c1-17(5-6-17)20-27(25,26)12-3-4-14-13(7-12)15(23)22(16(24)19-14)10-11-8-18-21(2)9-11/h3-4,7-9,20H,5-6,10H2,1-2H3,(H,19,24)/i1D3. The molecule has 3 aromatic rings. The first kappa shape index (κ1) is 14.4. The average molecular weight is 392 g/mol. The van der Waals surface area contributed by atoms with Crippen LogP contribution in [0.25, 0.3) is 10.9 Å². The van der Waals surface area contributed by atoms with Crippen molar-refractivity contribution < 1.29 is 12.5 Å². The zero-order valence-corrected chi connectivity index (χ0v) is 15.2. The molecule has 0 saturated heterocycles. The molecule has 2 N–H and O–H groups in total. The molecular formula is C17H19N5O4S. The first-order valence-electron chi connectivity index (χ1n) is 9.70. The van der Waals surface area contributed by atoms with E-state index in [2.05, 4.69) is 14.8 Å². The third-order valence-electron chi connectivity index (χ3n) is 4.44. The van der Waals surface area contributed by atoms with Gasteiger partial charge in [0.2, 0.25) is 10.0 Å². The molecule has 1 saturated carbocycles. The number of nitrogens with one attached hydrogen (secondary N) is 2. The summed E-state index contributed by atoms with van der Waals surface area (Å²) in [7, 11) is -2.49. The fourth-order valence-corrected chi connectivity index (χ4v) is 4.18. The highest BCUT2D eigenvalue weighted by Gasteiger charge is 2.41. The molecule has 1 aliphatic carbocycles. The van der Waals surface area contributed by atoms with Crippen LogP contribution in [0.3, 0.4) is 0 Å². The van der Waals surface area contributed by atoms with Crippen molar-refractivity contribution in [2.75, 3.05) is 0 Å². The van der Waals surface area contributed by atoms with E-state index in [-0.39, 0.29) is 35.2 Å². The molecule has 0 atom stereocenters. The minimum Gasteiger partial charge on any atom is -0.307 e. The molecule has 0 bridgehead atoms. The van der Waals surface area contributed by atoms with Gasteiger partial charge in [-0.05, 0) is 37.9 Å². The van der Waals surface area contributed by atoms with Crippen LogP contribution in [0.1, 0.15) is 29.4 Å². The molecule has 142 valence electrons. The van der Waals surface area contributed by atoms with Gasteiger partial charge in [-0.1, -0.05) is 0 Å². The van der Waals surface area contributed by atoms with E-state index in [9.17, 15) is 18.0 Å². The zero-order chi connectivity index (χ0) is 21.9. The summed E-state index contributed by atoms with van der Waals surface area (Å²) in [5, 5.41) is 4.00. The summed E-state index contributed by atoms with van der Waals surface area (Å²) < 4.78 is 53.0. The Hall–Kier alpha value is -2.72. The molecular weight excluding hydrogens is 370 g/mol. The van der Waals surface area contributed by atoms with Crippen LogP contribution in [0.2, 0.25) is 0 Å². The quantitative estimate of drug-likeness (QED) is 0.647. The van der Waals surface area contributed by atoms with Crippen molar-refractivity contribution in [1.82, 2.24) is 24.1 Å². The molecule has 1 fully saturated rings. The highest BCUT2D eigenvalue weighted by molar-refractivity contribution is 7.89. The maximum Gasteiger partial charge on any atom is 0.329 e. The number of benzene rings is 1. The zero-order valence-electron chi connectivity index (χ0n) is 17.4. The van der Waals surface area contributed by atoms with E-state index in [1.807, 2.05) is 0 Å². The molecule has 0 unspecified atom stereocenters. The Bertz CT molecular complexity index is 1370. The Balaban J connectivity index is 1.77. The molecule has 0 aliphatic heterocycles. The molecule has 27 heavy (non-hydrogen) atoms. The molecule has 10 heteroatoms. The molecule has 1 aliphatic rings. The fraction of sp³-hybridized carbons (Fsp3) is 0.353. The van der Waals surface area contributed by atoms with Crippen molar-refractivity contribution in [2.45, 2.75) is 36.7 Å². The molecule has 2 heterocycles. The van der Waals surface area contributed by atoms with Crippen molar-refractivity contribution in [3.8, 4) is 0 Å². The summed E-state index contributed by atoms with van der Waals surface area (Å²) in [6.07, 6.45) is 3.60. The van der Waals surface area contributed by atoms with Gasteiger partial charge < -0.3 is 4.98 Å². The Morgan fingerprint density at radius 3 is 2.78 bits per heavy atom. The number of H-pyrrole nitrogens is 1. The number of rotatable bonds is 5. The van der Waals surface area contributed by atoms with Crippen LogP contribution in [0.5, 0.6) is 0 Å². The number of aryl methyl sites for hydroxylation is 1. The Labute approximate surface area is 158 Å². The van der Waals surface area contributed by atoms with E-state index >= 15 is 0 Å². The highest BCUT2D eigenvalue weighted by Crippen LogP contribution is 2.36. The van der Waals surface area contributed by atoms with Crippen molar-refractivity contribution in [1.29, 1.82) is 0 Å². The van der Waals surface area contributed by atoms with Crippen LogP contribution in [0.15, 0.2) is 45.1 Å². The molecule has 0 amide bonds. The molecule has 9 nitrogen and oxygen atoms in total. The molecule has 0 spiro atoms. The third kappa shape index (κ3) is 3.33. The van der Waals surface area contributed by atoms with E-state index in [1.54, 1.807) is 13.2 Å². The van der Waals surface area contributed by atoms with Crippen LogP contribution in [-0.2, 0) is 23.6 Å². The van der Waals surface area contributed by atoms with E-state index < -0.39 is 33.7 Å². The van der Waals surface area contributed by atoms with Crippen LogP contribution in [-0.4, -0.2) is 33.3 Å². The highest BCUT2D eigenvalue weighted by atomic mass is 32.2. The normalized spacial score (nSPS) is 18.0. The van der Waals surface area contributed by atoms with Crippen LogP contribution in [0.4, 0.5) is 0 Å². The second-order valence-electron chi connectivity index (χ2n) is 6.74. The second kappa shape index (κ2) is 5.89. The van der Waals surface area contributed by atoms with Crippen molar-refractivity contribution in [2.24, 2.45) is 7.05 Å². The van der Waals surface area contributed by atoms with E-state index in [0.29, 0.717) is 5.56 Å². The second-order valence-corrected chi connectivity index (χ2v) is 8.42. The van der Waals surface area contributed by atoms with Gasteiger partial charge in [-0.15, -0.1) is 0 Å². The lowest BCUT2D eigenvalue weighted by atomic mass is 10.2. The van der Waals surface area contributed by atoms with Crippen molar-refractivity contribution in [3.05, 3.63) is 57.0 Å². The minimum atomic E-state index is -4.19. The topological polar surface area (TPSA) is 119 Å². The van der Waals surface area contributed by atoms with Gasteiger partial charge in [0.05, 0.1) is 28.5 Å². The van der Waals surface area contributed by atoms with Crippen LogP contribution < -0.4 is 16.0 Å². The summed E-state index contributed by atoms with van der Waals surface area (Å²) in [5.74, 6) is 0. The maximum absolute atomic E-state index is 12.9. The summed E-state index contributed by atoms with van der Waals surface area (Å²) in [6.45, 7) is -2.51. The Kier molecular flexibility index (Phi) is 3.13. The largest absolute Gasteiger partial charge is 0.329 e. The van der Waals surface area contributed by atoms with Gasteiger partial charge in [0.1, 0.15) is 0 Å². The van der Waals surface area contributed by atoms with Gasteiger partial charge in [-0.3, -0.25) is 14.0 Å². The number of fused-ring (bicyclic) bond motifs is 1. The minimum absolute atomic E-state index is 0.0000888. The van der Waals surface area contributed by atoms with Gasteiger partial charge in [0, 0.05) is 28.5 Å². The smallest absolute Gasteiger partial charge is 0.307 e. The number of aromatic amines is 1. The summed E-state index contributed by atoms with van der Waals surface area (Å²) in [5.41, 5.74) is -1.96. The Morgan fingerprint density at radius 1 is 1.37 bits per heavy atom. The molecule has 1 aromatic carbocycles. The van der Waals surface area contributed by atoms with Gasteiger partial charge in [-0.25, -0.2) is 17.9 Å². The van der Waals surface area contributed by atoms with E-state index in [1.165, 1.54) is 23.0 Å². The van der Waals surface area contributed by atoms with E-state index in [0.717, 1.165) is 10.6 Å². The number of hydrogen-bond donors (Lipinski definition) is 2. The van der Waals surface area contributed by atoms with Gasteiger partial charge in [-0.2, -0.15) is 5.10 Å². The molecule has 0 radical (unpaired) electrons. The lowest BCUT2D eigenvalue weighted by Crippen LogP contribution is -2.36. The monoisotopic (exact) mass is 392 g/mol. The van der Waals surface area contributed by atoms with Gasteiger partial charge in [0.15, 0.2) is 0 Å². The predicted molar refractivity (Wildman–Crippen MR) is 99.1 cm³/mol. The number of sulfonamides is 1. The SMILES string of the molecule is [2H]C([2H])([2H])C1(NS(=O)(=O)c2ccc3[nH]c(=O)n(Cc4cnn(C)c4)c(=O)c3c2)CC1. The first-order chi connectivity index (χ1) is 13.9. The number of aromatic nitrogens is 4. The average Bonchev–Trinajstić information content (AvgIpc) is 3.31. The third-order valence-corrected chi connectivity index (χ3v) is 5.98. The van der Waals surface area contributed by atoms with Gasteiger partial charge >= 0.3 is 5.69 Å². The fourth-order valence-electron chi connectivity index (χ4n) is 2.82. The first-order valence-corrected chi connectivity index (χ1v) is 9.69. The number of nitrogens with zero attached hydrogens (tertiary/aromatic N) is 3. The van der Waals surface area contributed by atoms with Crippen molar-refractivity contribution >= 4 is 20.9 Å². The predicted octanol–water partition coefficient (Wildman–Crippen LogP) is 0.302. The van der Waals surface area contributed by atoms with E-state index in [4.69, 9.17) is 4.11 Å². The summed E-state index contributed by atoms with van der Waals surface area (Å²) >= 11 is 0. The maximum atomic E-state index is 12.9. The lowest BCUT2D eigenvalue weighted by Gasteiger charge is -2.13. The number of hydrogen-bond acceptors (Lipinski definition) is 5. The van der Waals surface area contributed by atoms with Crippen LogP contribution >= 0.6 is 0 Å². The summed E-state index contributed by atoms with van der Waals surface area (Å²) in [6, 6.07) is 3.68. The molecule has 2 aromatic heterocycles.